The zero-order valence-electron chi connectivity index (χ0n) is 11.0. The third-order valence-corrected chi connectivity index (χ3v) is 2.49. The van der Waals surface area contributed by atoms with Crippen molar-refractivity contribution in [2.45, 2.75) is 13.3 Å². The average molecular weight is 296 g/mol. The number of carbonyl (C=O) groups is 4. The van der Waals surface area contributed by atoms with Crippen LogP contribution in [0.2, 0.25) is 0 Å². The van der Waals surface area contributed by atoms with Crippen LogP contribution in [0.25, 0.3) is 0 Å². The summed E-state index contributed by atoms with van der Waals surface area (Å²) in [4.78, 5) is 44.9. The molecule has 0 aliphatic rings. The number of carboxylic acid groups (broad SMARTS) is 3. The number of benzene rings is 1. The number of hydrogen-bond acceptors (Lipinski definition) is 5. The lowest BCUT2D eigenvalue weighted by molar-refractivity contribution is 0.0503. The number of carbonyl (C=O) groups excluding carboxylic acids is 1. The van der Waals surface area contributed by atoms with Gasteiger partial charge in [0.2, 0.25) is 0 Å². The monoisotopic (exact) mass is 296 g/mol. The van der Waals surface area contributed by atoms with E-state index in [1.54, 1.807) is 6.92 Å². The van der Waals surface area contributed by atoms with Crippen molar-refractivity contribution in [3.8, 4) is 0 Å². The van der Waals surface area contributed by atoms with Gasteiger partial charge >= 0.3 is 23.9 Å². The van der Waals surface area contributed by atoms with Crippen LogP contribution in [0.1, 0.15) is 54.8 Å². The Morgan fingerprint density at radius 2 is 1.43 bits per heavy atom. The summed E-state index contributed by atoms with van der Waals surface area (Å²) in [5.41, 5.74) is -2.79. The van der Waals surface area contributed by atoms with Crippen LogP contribution in [0.15, 0.2) is 12.1 Å². The molecule has 1 aromatic carbocycles. The van der Waals surface area contributed by atoms with Crippen LogP contribution in [-0.2, 0) is 4.74 Å². The molecule has 0 saturated heterocycles. The Kier molecular flexibility index (Phi) is 5.01. The van der Waals surface area contributed by atoms with Crippen LogP contribution in [0.4, 0.5) is 0 Å². The number of hydrogen-bond donors (Lipinski definition) is 3. The molecule has 0 saturated carbocycles. The van der Waals surface area contributed by atoms with Gasteiger partial charge in [0.15, 0.2) is 0 Å². The van der Waals surface area contributed by atoms with Crippen LogP contribution >= 0.6 is 0 Å². The first-order valence-corrected chi connectivity index (χ1v) is 5.84. The number of aromatic carboxylic acids is 3. The minimum atomic E-state index is -1.71. The summed E-state index contributed by atoms with van der Waals surface area (Å²) in [5.74, 6) is -5.93. The maximum Gasteiger partial charge on any atom is 0.338 e. The minimum absolute atomic E-state index is 0.0737. The summed E-state index contributed by atoms with van der Waals surface area (Å²) in [6.45, 7) is 1.82. The van der Waals surface area contributed by atoms with Crippen LogP contribution in [0.5, 0.6) is 0 Å². The smallest absolute Gasteiger partial charge is 0.338 e. The van der Waals surface area contributed by atoms with E-state index in [2.05, 4.69) is 0 Å². The summed E-state index contributed by atoms with van der Waals surface area (Å²) in [6.07, 6.45) is 0.524. The van der Waals surface area contributed by atoms with Gasteiger partial charge in [-0.25, -0.2) is 19.2 Å². The second kappa shape index (κ2) is 6.51. The van der Waals surface area contributed by atoms with Crippen molar-refractivity contribution in [1.82, 2.24) is 0 Å². The molecule has 0 bridgehead atoms. The summed E-state index contributed by atoms with van der Waals surface area (Å²) in [5, 5.41) is 27.0. The molecule has 8 nitrogen and oxygen atoms in total. The Morgan fingerprint density at radius 1 is 0.952 bits per heavy atom. The van der Waals surface area contributed by atoms with Crippen LogP contribution in [0, 0.1) is 0 Å². The Hall–Kier alpha value is -2.90. The normalized spacial score (nSPS) is 9.95. The summed E-state index contributed by atoms with van der Waals surface area (Å²) >= 11 is 0. The van der Waals surface area contributed by atoms with Crippen molar-refractivity contribution < 1.29 is 39.2 Å². The highest BCUT2D eigenvalue weighted by Gasteiger charge is 2.27. The highest BCUT2D eigenvalue weighted by Crippen LogP contribution is 2.20. The molecule has 0 heterocycles. The number of esters is 1. The predicted octanol–water partition coefficient (Wildman–Crippen LogP) is 1.35. The van der Waals surface area contributed by atoms with Gasteiger partial charge in [0.1, 0.15) is 0 Å². The quantitative estimate of drug-likeness (QED) is 0.668. The summed E-state index contributed by atoms with van der Waals surface area (Å²) in [7, 11) is 0. The highest BCUT2D eigenvalue weighted by molar-refractivity contribution is 6.11. The molecule has 0 aliphatic carbocycles. The Morgan fingerprint density at radius 3 is 1.76 bits per heavy atom. The molecule has 0 spiro atoms. The van der Waals surface area contributed by atoms with Gasteiger partial charge in [0.05, 0.1) is 28.9 Å². The van der Waals surface area contributed by atoms with Gasteiger partial charge in [-0.2, -0.15) is 0 Å². The van der Waals surface area contributed by atoms with E-state index in [1.165, 1.54) is 0 Å². The average Bonchev–Trinajstić information content (AvgIpc) is 2.42. The number of rotatable bonds is 6. The molecule has 0 atom stereocenters. The molecule has 3 N–H and O–H groups in total. The van der Waals surface area contributed by atoms with Crippen molar-refractivity contribution in [3.63, 3.8) is 0 Å². The fourth-order valence-corrected chi connectivity index (χ4v) is 1.61. The van der Waals surface area contributed by atoms with Crippen LogP contribution < -0.4 is 0 Å². The first-order chi connectivity index (χ1) is 9.79. The molecular formula is C13H12O8. The topological polar surface area (TPSA) is 138 Å². The molecule has 21 heavy (non-hydrogen) atoms. The fourth-order valence-electron chi connectivity index (χ4n) is 1.61. The maximum absolute atomic E-state index is 11.7. The van der Waals surface area contributed by atoms with Gasteiger partial charge in [-0.15, -0.1) is 0 Å². The molecule has 0 unspecified atom stereocenters. The first-order valence-electron chi connectivity index (χ1n) is 5.84. The zero-order chi connectivity index (χ0) is 16.2. The fraction of sp³-hybridized carbons (Fsp3) is 0.231. The van der Waals surface area contributed by atoms with E-state index in [1.807, 2.05) is 0 Å². The lowest BCUT2D eigenvalue weighted by Crippen LogP contribution is -2.17. The molecule has 0 aliphatic heterocycles. The molecule has 0 aromatic heterocycles. The number of carboxylic acids is 3. The van der Waals surface area contributed by atoms with E-state index in [9.17, 15) is 19.2 Å². The minimum Gasteiger partial charge on any atom is -0.478 e. The Balaban J connectivity index is 3.51. The van der Waals surface area contributed by atoms with Gasteiger partial charge in [-0.3, -0.25) is 0 Å². The van der Waals surface area contributed by atoms with Gasteiger partial charge in [-0.05, 0) is 18.6 Å². The standard InChI is InChI=1S/C13H12O8/c1-2-3-21-13(20)6-4-7(10(14)15)9(12(18)19)8(5-6)11(16)17/h4-5H,2-3H2,1H3,(H,14,15)(H,16,17)(H,18,19). The second-order valence-electron chi connectivity index (χ2n) is 4.00. The van der Waals surface area contributed by atoms with Gasteiger partial charge in [0.25, 0.3) is 0 Å². The predicted molar refractivity (Wildman–Crippen MR) is 67.9 cm³/mol. The van der Waals surface area contributed by atoms with E-state index >= 15 is 0 Å². The van der Waals surface area contributed by atoms with E-state index in [0.29, 0.717) is 6.42 Å². The maximum atomic E-state index is 11.7. The Bertz CT molecular complexity index is 582. The molecule has 0 amide bonds. The SMILES string of the molecule is CCCOC(=O)c1cc(C(=O)O)c(C(=O)O)c(C(=O)O)c1. The highest BCUT2D eigenvalue weighted by atomic mass is 16.5. The molecule has 1 aromatic rings. The zero-order valence-corrected chi connectivity index (χ0v) is 11.0. The van der Waals surface area contributed by atoms with E-state index in [-0.39, 0.29) is 12.2 Å². The van der Waals surface area contributed by atoms with Crippen molar-refractivity contribution >= 4 is 23.9 Å². The lowest BCUT2D eigenvalue weighted by atomic mass is 9.97. The van der Waals surface area contributed by atoms with Crippen molar-refractivity contribution in [3.05, 3.63) is 34.4 Å². The van der Waals surface area contributed by atoms with E-state index in [0.717, 1.165) is 12.1 Å². The van der Waals surface area contributed by atoms with Crippen molar-refractivity contribution in [1.29, 1.82) is 0 Å². The van der Waals surface area contributed by atoms with Gasteiger partial charge in [0, 0.05) is 0 Å². The van der Waals surface area contributed by atoms with Crippen LogP contribution in [-0.4, -0.2) is 45.8 Å². The molecular weight excluding hydrogens is 284 g/mol. The largest absolute Gasteiger partial charge is 0.478 e. The second-order valence-corrected chi connectivity index (χ2v) is 4.00. The third-order valence-electron chi connectivity index (χ3n) is 2.49. The number of ether oxygens (including phenoxy) is 1. The summed E-state index contributed by atoms with van der Waals surface area (Å²) < 4.78 is 4.77. The third kappa shape index (κ3) is 3.56. The molecule has 1 rings (SSSR count). The molecule has 8 heteroatoms. The van der Waals surface area contributed by atoms with Crippen molar-refractivity contribution in [2.24, 2.45) is 0 Å². The molecule has 0 fully saturated rings. The molecule has 0 radical (unpaired) electrons. The van der Waals surface area contributed by atoms with Crippen LogP contribution in [0.3, 0.4) is 0 Å². The van der Waals surface area contributed by atoms with E-state index < -0.39 is 40.6 Å². The van der Waals surface area contributed by atoms with Crippen molar-refractivity contribution in [2.75, 3.05) is 6.61 Å². The lowest BCUT2D eigenvalue weighted by Gasteiger charge is -2.09. The first kappa shape index (κ1) is 16.2. The molecule has 112 valence electrons. The Labute approximate surface area is 118 Å². The summed E-state index contributed by atoms with van der Waals surface area (Å²) in [6, 6.07) is 1.58. The van der Waals surface area contributed by atoms with E-state index in [4.69, 9.17) is 20.1 Å². The van der Waals surface area contributed by atoms with Gasteiger partial charge in [-0.1, -0.05) is 6.92 Å². The van der Waals surface area contributed by atoms with Gasteiger partial charge < -0.3 is 20.1 Å².